The predicted molar refractivity (Wildman–Crippen MR) is 142 cm³/mol. The number of carboxylic acid groups (broad SMARTS) is 1. The molecule has 6 atom stereocenters. The number of amides is 4. The molecular weight excluding hydrogens is 521 g/mol. The number of nitrogens with one attached hydrogen (secondary N) is 5. The van der Waals surface area contributed by atoms with E-state index in [2.05, 4.69) is 26.6 Å². The fourth-order valence-corrected chi connectivity index (χ4v) is 6.75. The summed E-state index contributed by atoms with van der Waals surface area (Å²) in [4.78, 5) is 49.1. The molecular formula is C25H41Cl2N5O5. The SMILES string of the molecule is O=C(O)CC(NC(=O)CNC(=O)C1CCCC(NC(=O)NCC2CCCNC2)C1)C1CC(Cl)CC(Cl)C1. The van der Waals surface area contributed by atoms with Crippen LogP contribution in [0.4, 0.5) is 4.79 Å². The van der Waals surface area contributed by atoms with Gasteiger partial charge in [-0.3, -0.25) is 14.4 Å². The summed E-state index contributed by atoms with van der Waals surface area (Å²) in [6, 6.07) is -0.904. The summed E-state index contributed by atoms with van der Waals surface area (Å²) in [5.74, 6) is -1.68. The number of piperidine rings is 1. The Hall–Kier alpha value is -1.78. The predicted octanol–water partition coefficient (Wildman–Crippen LogP) is 1.93. The zero-order chi connectivity index (χ0) is 26.8. The van der Waals surface area contributed by atoms with Crippen molar-refractivity contribution in [3.05, 3.63) is 0 Å². The van der Waals surface area contributed by atoms with E-state index in [1.54, 1.807) is 0 Å². The quantitative estimate of drug-likeness (QED) is 0.224. The average molecular weight is 563 g/mol. The number of rotatable bonds is 10. The van der Waals surface area contributed by atoms with Gasteiger partial charge in [0.25, 0.3) is 0 Å². The Bertz CT molecular complexity index is 787. The van der Waals surface area contributed by atoms with Gasteiger partial charge < -0.3 is 31.7 Å². The van der Waals surface area contributed by atoms with Crippen molar-refractivity contribution in [1.82, 2.24) is 26.6 Å². The Morgan fingerprint density at radius 1 is 0.946 bits per heavy atom. The van der Waals surface area contributed by atoms with E-state index >= 15 is 0 Å². The van der Waals surface area contributed by atoms with Crippen molar-refractivity contribution in [1.29, 1.82) is 0 Å². The first kappa shape index (κ1) is 29.8. The van der Waals surface area contributed by atoms with Crippen LogP contribution in [0.15, 0.2) is 0 Å². The van der Waals surface area contributed by atoms with Crippen molar-refractivity contribution in [2.75, 3.05) is 26.2 Å². The van der Waals surface area contributed by atoms with Crippen molar-refractivity contribution in [2.24, 2.45) is 17.8 Å². The maximum atomic E-state index is 12.8. The van der Waals surface area contributed by atoms with Crippen LogP contribution in [0.25, 0.3) is 0 Å². The lowest BCUT2D eigenvalue weighted by molar-refractivity contribution is -0.138. The van der Waals surface area contributed by atoms with Gasteiger partial charge >= 0.3 is 12.0 Å². The minimum absolute atomic E-state index is 0.0962. The molecule has 0 bridgehead atoms. The summed E-state index contributed by atoms with van der Waals surface area (Å²) >= 11 is 12.5. The number of carbonyl (C=O) groups is 4. The lowest BCUT2D eigenvalue weighted by Gasteiger charge is -2.34. The van der Waals surface area contributed by atoms with Gasteiger partial charge in [-0.15, -0.1) is 23.2 Å². The largest absolute Gasteiger partial charge is 0.481 e. The first-order valence-corrected chi connectivity index (χ1v) is 14.4. The molecule has 210 valence electrons. The number of carbonyl (C=O) groups excluding carboxylic acids is 3. The number of aliphatic carboxylic acids is 1. The Morgan fingerprint density at radius 3 is 2.38 bits per heavy atom. The van der Waals surface area contributed by atoms with Gasteiger partial charge in [-0.2, -0.15) is 0 Å². The summed E-state index contributed by atoms with van der Waals surface area (Å²) in [6.07, 6.45) is 6.63. The first-order valence-electron chi connectivity index (χ1n) is 13.5. The molecule has 3 aliphatic rings. The van der Waals surface area contributed by atoms with Crippen LogP contribution in [0.2, 0.25) is 0 Å². The zero-order valence-electron chi connectivity index (χ0n) is 21.3. The minimum atomic E-state index is -1.02. The normalized spacial score (nSPS) is 31.0. The number of hydrogen-bond donors (Lipinski definition) is 6. The van der Waals surface area contributed by atoms with Gasteiger partial charge in [0, 0.05) is 35.3 Å². The third-order valence-corrected chi connectivity index (χ3v) is 8.40. The third-order valence-electron chi connectivity index (χ3n) is 7.69. The first-order chi connectivity index (χ1) is 17.7. The number of urea groups is 1. The van der Waals surface area contributed by atoms with E-state index in [0.717, 1.165) is 38.8 Å². The maximum Gasteiger partial charge on any atom is 0.315 e. The van der Waals surface area contributed by atoms with Gasteiger partial charge in [-0.25, -0.2) is 4.79 Å². The Balaban J connectivity index is 1.40. The standard InChI is InChI=1S/C25H41Cl2N5O5/c26-18-7-17(8-19(27)10-18)21(11-23(34)35)32-22(33)14-29-24(36)16-4-1-5-20(9-16)31-25(37)30-13-15-3-2-6-28-12-15/h15-21,28H,1-14H2,(H,29,36)(H,32,33)(H,34,35)(H2,30,31,37). The molecule has 6 unspecified atom stereocenters. The molecule has 0 spiro atoms. The van der Waals surface area contributed by atoms with Gasteiger partial charge in [0.05, 0.1) is 13.0 Å². The van der Waals surface area contributed by atoms with Gasteiger partial charge in [0.2, 0.25) is 11.8 Å². The second-order valence-electron chi connectivity index (χ2n) is 10.8. The number of hydrogen-bond acceptors (Lipinski definition) is 5. The van der Waals surface area contributed by atoms with Crippen LogP contribution in [-0.4, -0.2) is 77.9 Å². The lowest BCUT2D eigenvalue weighted by Crippen LogP contribution is -2.50. The van der Waals surface area contributed by atoms with Gasteiger partial charge in [-0.05, 0) is 76.3 Å². The molecule has 1 aliphatic heterocycles. The van der Waals surface area contributed by atoms with Crippen LogP contribution in [0, 0.1) is 17.8 Å². The molecule has 3 rings (SSSR count). The maximum absolute atomic E-state index is 12.8. The summed E-state index contributed by atoms with van der Waals surface area (Å²) in [5.41, 5.74) is 0. The molecule has 1 heterocycles. The lowest BCUT2D eigenvalue weighted by atomic mass is 9.82. The molecule has 12 heteroatoms. The van der Waals surface area contributed by atoms with E-state index in [1.165, 1.54) is 0 Å². The van der Waals surface area contributed by atoms with Crippen molar-refractivity contribution < 1.29 is 24.3 Å². The second-order valence-corrected chi connectivity index (χ2v) is 12.0. The van der Waals surface area contributed by atoms with Gasteiger partial charge in [0.1, 0.15) is 0 Å². The average Bonchev–Trinajstić information content (AvgIpc) is 2.85. The van der Waals surface area contributed by atoms with E-state index < -0.39 is 17.9 Å². The van der Waals surface area contributed by atoms with E-state index in [9.17, 15) is 24.3 Å². The highest BCUT2D eigenvalue weighted by molar-refractivity contribution is 6.23. The van der Waals surface area contributed by atoms with Crippen LogP contribution < -0.4 is 26.6 Å². The fourth-order valence-electron chi connectivity index (χ4n) is 5.78. The molecule has 0 aromatic heterocycles. The van der Waals surface area contributed by atoms with Crippen molar-refractivity contribution in [3.63, 3.8) is 0 Å². The molecule has 0 aromatic rings. The number of halogens is 2. The monoisotopic (exact) mass is 561 g/mol. The van der Waals surface area contributed by atoms with E-state index in [1.807, 2.05) is 0 Å². The van der Waals surface area contributed by atoms with Crippen LogP contribution in [0.3, 0.4) is 0 Å². The smallest absolute Gasteiger partial charge is 0.315 e. The molecule has 1 saturated heterocycles. The van der Waals surface area contributed by atoms with Gasteiger partial charge in [-0.1, -0.05) is 6.42 Å². The zero-order valence-corrected chi connectivity index (χ0v) is 22.8. The topological polar surface area (TPSA) is 149 Å². The van der Waals surface area contributed by atoms with Gasteiger partial charge in [0.15, 0.2) is 0 Å². The number of alkyl halides is 2. The highest BCUT2D eigenvalue weighted by Crippen LogP contribution is 2.34. The van der Waals surface area contributed by atoms with Crippen LogP contribution in [-0.2, 0) is 14.4 Å². The van der Waals surface area contributed by atoms with E-state index in [4.69, 9.17) is 23.2 Å². The molecule has 0 aromatic carbocycles. The van der Waals surface area contributed by atoms with Crippen molar-refractivity contribution in [3.8, 4) is 0 Å². The summed E-state index contributed by atoms with van der Waals surface area (Å²) in [5, 5.41) is 23.7. The Morgan fingerprint density at radius 2 is 1.70 bits per heavy atom. The third kappa shape index (κ3) is 10.5. The minimum Gasteiger partial charge on any atom is -0.481 e. The highest BCUT2D eigenvalue weighted by atomic mass is 35.5. The van der Waals surface area contributed by atoms with Crippen molar-refractivity contribution in [2.45, 2.75) is 87.0 Å². The summed E-state index contributed by atoms with van der Waals surface area (Å²) in [6.45, 7) is 2.34. The molecule has 4 amide bonds. The van der Waals surface area contributed by atoms with Crippen LogP contribution in [0.1, 0.15) is 64.2 Å². The molecule has 2 aliphatic carbocycles. The summed E-state index contributed by atoms with van der Waals surface area (Å²) < 4.78 is 0. The van der Waals surface area contributed by atoms with Crippen LogP contribution in [0.5, 0.6) is 0 Å². The van der Waals surface area contributed by atoms with Crippen LogP contribution >= 0.6 is 23.2 Å². The molecule has 0 radical (unpaired) electrons. The molecule has 10 nitrogen and oxygen atoms in total. The summed E-state index contributed by atoms with van der Waals surface area (Å²) in [7, 11) is 0. The number of carboxylic acids is 1. The highest BCUT2D eigenvalue weighted by Gasteiger charge is 2.34. The van der Waals surface area contributed by atoms with E-state index in [-0.39, 0.29) is 53.5 Å². The Labute approximate surface area is 228 Å². The molecule has 3 fully saturated rings. The Kier molecular flexibility index (Phi) is 12.0. The molecule has 2 saturated carbocycles. The second kappa shape index (κ2) is 15.0. The fraction of sp³-hybridized carbons (Fsp3) is 0.840. The molecule has 6 N–H and O–H groups in total. The van der Waals surface area contributed by atoms with E-state index in [0.29, 0.717) is 44.6 Å². The van der Waals surface area contributed by atoms with Crippen molar-refractivity contribution >= 4 is 47.0 Å². The molecule has 37 heavy (non-hydrogen) atoms.